The fourth-order valence-electron chi connectivity index (χ4n) is 3.12. The van der Waals surface area contributed by atoms with Gasteiger partial charge in [-0.05, 0) is 37.1 Å². The van der Waals surface area contributed by atoms with Gasteiger partial charge in [0.05, 0.1) is 6.61 Å². The van der Waals surface area contributed by atoms with Crippen LogP contribution in [-0.2, 0) is 11.3 Å². The van der Waals surface area contributed by atoms with Crippen LogP contribution in [0.15, 0.2) is 29.3 Å². The Morgan fingerprint density at radius 2 is 2.00 bits per heavy atom. The molecule has 0 aliphatic carbocycles. The van der Waals surface area contributed by atoms with Gasteiger partial charge in [-0.2, -0.15) is 13.2 Å². The van der Waals surface area contributed by atoms with Crippen LogP contribution in [0.25, 0.3) is 0 Å². The smallest absolute Gasteiger partial charge is 0.422 e. The van der Waals surface area contributed by atoms with Crippen molar-refractivity contribution >= 4 is 5.96 Å². The largest absolute Gasteiger partial charge is 0.484 e. The maximum Gasteiger partial charge on any atom is 0.422 e. The van der Waals surface area contributed by atoms with E-state index < -0.39 is 12.8 Å². The molecule has 0 amide bonds. The number of hydrogen-bond donors (Lipinski definition) is 2. The number of alkyl halides is 3. The monoisotopic (exact) mass is 402 g/mol. The first-order valence-corrected chi connectivity index (χ1v) is 9.37. The molecular weight excluding hydrogens is 373 g/mol. The summed E-state index contributed by atoms with van der Waals surface area (Å²) in [5.74, 6) is 0.886. The standard InChI is InChI=1S/C19H29F3N4O2/c1-23-18(25-13-16-4-3-9-26(16)10-11-27-2)24-12-15-5-7-17(8-6-15)28-14-19(20,21)22/h5-8,16H,3-4,9-14H2,1-2H3,(H2,23,24,25). The van der Waals surface area contributed by atoms with Crippen LogP contribution in [0.2, 0.25) is 0 Å². The summed E-state index contributed by atoms with van der Waals surface area (Å²) in [7, 11) is 3.42. The lowest BCUT2D eigenvalue weighted by atomic mass is 10.2. The molecule has 1 aromatic rings. The van der Waals surface area contributed by atoms with Gasteiger partial charge in [0.1, 0.15) is 5.75 Å². The van der Waals surface area contributed by atoms with Crippen LogP contribution in [0.1, 0.15) is 18.4 Å². The van der Waals surface area contributed by atoms with E-state index in [1.807, 2.05) is 0 Å². The van der Waals surface area contributed by atoms with E-state index >= 15 is 0 Å². The first-order chi connectivity index (χ1) is 13.4. The highest BCUT2D eigenvalue weighted by Crippen LogP contribution is 2.19. The van der Waals surface area contributed by atoms with Crippen molar-refractivity contribution in [3.63, 3.8) is 0 Å². The molecule has 0 spiro atoms. The maximum atomic E-state index is 12.2. The topological polar surface area (TPSA) is 58.1 Å². The van der Waals surface area contributed by atoms with Crippen LogP contribution in [0, 0.1) is 0 Å². The summed E-state index contributed by atoms with van der Waals surface area (Å²) in [6, 6.07) is 6.99. The molecule has 1 atom stereocenters. The molecule has 0 radical (unpaired) electrons. The first kappa shape index (κ1) is 22.3. The van der Waals surface area contributed by atoms with E-state index in [1.54, 1.807) is 26.3 Å². The number of nitrogens with zero attached hydrogens (tertiary/aromatic N) is 2. The summed E-state index contributed by atoms with van der Waals surface area (Å²) in [6.07, 6.45) is -2.01. The maximum absolute atomic E-state index is 12.2. The molecular formula is C19H29F3N4O2. The Morgan fingerprint density at radius 1 is 1.25 bits per heavy atom. The number of methoxy groups -OCH3 is 1. The minimum Gasteiger partial charge on any atom is -0.484 e. The number of ether oxygens (including phenoxy) is 2. The van der Waals surface area contributed by atoms with Crippen LogP contribution in [0.4, 0.5) is 13.2 Å². The second-order valence-corrected chi connectivity index (χ2v) is 6.68. The molecule has 9 heteroatoms. The van der Waals surface area contributed by atoms with E-state index in [0.29, 0.717) is 18.5 Å². The molecule has 1 aromatic carbocycles. The van der Waals surface area contributed by atoms with Crippen LogP contribution >= 0.6 is 0 Å². The number of likely N-dealkylation sites (tertiary alicyclic amines) is 1. The number of guanidine groups is 1. The molecule has 6 nitrogen and oxygen atoms in total. The fraction of sp³-hybridized carbons (Fsp3) is 0.632. The van der Waals surface area contributed by atoms with Gasteiger partial charge in [-0.25, -0.2) is 0 Å². The molecule has 1 heterocycles. The Labute approximate surface area is 164 Å². The van der Waals surface area contributed by atoms with Gasteiger partial charge in [-0.3, -0.25) is 9.89 Å². The zero-order chi connectivity index (χ0) is 20.4. The number of benzene rings is 1. The summed E-state index contributed by atoms with van der Waals surface area (Å²) >= 11 is 0. The van der Waals surface area contributed by atoms with Gasteiger partial charge in [0.25, 0.3) is 0 Å². The van der Waals surface area contributed by atoms with Crippen LogP contribution < -0.4 is 15.4 Å². The average molecular weight is 402 g/mol. The summed E-state index contributed by atoms with van der Waals surface area (Å²) < 4.78 is 46.4. The van der Waals surface area contributed by atoms with Crippen LogP contribution in [-0.4, -0.2) is 70.1 Å². The fourth-order valence-corrected chi connectivity index (χ4v) is 3.12. The van der Waals surface area contributed by atoms with Gasteiger partial charge in [0.15, 0.2) is 12.6 Å². The van der Waals surface area contributed by atoms with E-state index in [0.717, 1.165) is 38.2 Å². The molecule has 0 saturated carbocycles. The highest BCUT2D eigenvalue weighted by atomic mass is 19.4. The number of nitrogens with one attached hydrogen (secondary N) is 2. The minimum absolute atomic E-state index is 0.195. The molecule has 1 aliphatic rings. The van der Waals surface area contributed by atoms with Gasteiger partial charge in [0, 0.05) is 39.8 Å². The van der Waals surface area contributed by atoms with Crippen molar-refractivity contribution in [1.29, 1.82) is 0 Å². The highest BCUT2D eigenvalue weighted by molar-refractivity contribution is 5.79. The second-order valence-electron chi connectivity index (χ2n) is 6.68. The normalized spacial score (nSPS) is 18.3. The third-order valence-electron chi connectivity index (χ3n) is 4.60. The van der Waals surface area contributed by atoms with Gasteiger partial charge < -0.3 is 20.1 Å². The lowest BCUT2D eigenvalue weighted by Gasteiger charge is -2.25. The third-order valence-corrected chi connectivity index (χ3v) is 4.60. The van der Waals surface area contributed by atoms with Crippen molar-refractivity contribution in [3.8, 4) is 5.75 Å². The van der Waals surface area contributed by atoms with Gasteiger partial charge >= 0.3 is 6.18 Å². The minimum atomic E-state index is -4.34. The highest BCUT2D eigenvalue weighted by Gasteiger charge is 2.28. The Balaban J connectivity index is 1.74. The van der Waals surface area contributed by atoms with E-state index in [-0.39, 0.29) is 5.75 Å². The van der Waals surface area contributed by atoms with Crippen molar-refractivity contribution in [3.05, 3.63) is 29.8 Å². The molecule has 1 saturated heterocycles. The predicted molar refractivity (Wildman–Crippen MR) is 103 cm³/mol. The predicted octanol–water partition coefficient (Wildman–Crippen LogP) is 2.40. The van der Waals surface area contributed by atoms with Crippen molar-refractivity contribution in [2.75, 3.05) is 47.0 Å². The molecule has 0 aromatic heterocycles. The molecule has 158 valence electrons. The molecule has 0 bridgehead atoms. The Morgan fingerprint density at radius 3 is 2.64 bits per heavy atom. The Bertz CT molecular complexity index is 608. The summed E-state index contributed by atoms with van der Waals surface area (Å²) in [4.78, 5) is 6.65. The van der Waals surface area contributed by atoms with Crippen molar-refractivity contribution in [2.24, 2.45) is 4.99 Å². The van der Waals surface area contributed by atoms with Crippen LogP contribution in [0.5, 0.6) is 5.75 Å². The Hall–Kier alpha value is -2.00. The third kappa shape index (κ3) is 7.93. The van der Waals surface area contributed by atoms with E-state index in [4.69, 9.17) is 9.47 Å². The lowest BCUT2D eigenvalue weighted by molar-refractivity contribution is -0.153. The second kappa shape index (κ2) is 11.1. The Kier molecular flexibility index (Phi) is 8.85. The molecule has 28 heavy (non-hydrogen) atoms. The summed E-state index contributed by atoms with van der Waals surface area (Å²) in [5, 5.41) is 6.56. The quantitative estimate of drug-likeness (QED) is 0.491. The molecule has 2 rings (SSSR count). The lowest BCUT2D eigenvalue weighted by Crippen LogP contribution is -2.45. The van der Waals surface area contributed by atoms with Crippen molar-refractivity contribution in [2.45, 2.75) is 31.6 Å². The van der Waals surface area contributed by atoms with Crippen molar-refractivity contribution in [1.82, 2.24) is 15.5 Å². The number of halogens is 3. The molecule has 1 fully saturated rings. The molecule has 2 N–H and O–H groups in total. The van der Waals surface area contributed by atoms with Gasteiger partial charge in [-0.15, -0.1) is 0 Å². The summed E-state index contributed by atoms with van der Waals surface area (Å²) in [5.41, 5.74) is 0.921. The molecule has 1 aliphatic heterocycles. The summed E-state index contributed by atoms with van der Waals surface area (Å²) in [6.45, 7) is 2.77. The van der Waals surface area contributed by atoms with Crippen molar-refractivity contribution < 1.29 is 22.6 Å². The van der Waals surface area contributed by atoms with Gasteiger partial charge in [0.2, 0.25) is 0 Å². The van der Waals surface area contributed by atoms with E-state index in [2.05, 4.69) is 20.5 Å². The van der Waals surface area contributed by atoms with E-state index in [9.17, 15) is 13.2 Å². The zero-order valence-electron chi connectivity index (χ0n) is 16.4. The number of rotatable bonds is 9. The first-order valence-electron chi connectivity index (χ1n) is 9.37. The number of aliphatic imine (C=N–C) groups is 1. The van der Waals surface area contributed by atoms with Crippen LogP contribution in [0.3, 0.4) is 0 Å². The average Bonchev–Trinajstić information content (AvgIpc) is 3.12. The zero-order valence-corrected chi connectivity index (χ0v) is 16.4. The number of hydrogen-bond acceptors (Lipinski definition) is 4. The van der Waals surface area contributed by atoms with E-state index in [1.165, 1.54) is 18.6 Å². The van der Waals surface area contributed by atoms with Gasteiger partial charge in [-0.1, -0.05) is 12.1 Å². The molecule has 1 unspecified atom stereocenters. The SMILES string of the molecule is CN=C(NCc1ccc(OCC(F)(F)F)cc1)NCC1CCCN1CCOC.